The minimum Gasteiger partial charge on any atom is -0.509 e. The summed E-state index contributed by atoms with van der Waals surface area (Å²) in [5.41, 5.74) is 0.945. The van der Waals surface area contributed by atoms with Crippen LogP contribution in [0.5, 0.6) is 0 Å². The van der Waals surface area contributed by atoms with Gasteiger partial charge in [0.05, 0.1) is 12.1 Å². The van der Waals surface area contributed by atoms with E-state index < -0.39 is 0 Å². The van der Waals surface area contributed by atoms with Gasteiger partial charge in [-0.3, -0.25) is 4.79 Å². The molecule has 1 aliphatic heterocycles. The largest absolute Gasteiger partial charge is 0.509 e. The minimum atomic E-state index is -0.309. The highest BCUT2D eigenvalue weighted by atomic mass is 16.3. The molecular formula is C12H12N2O2. The van der Waals surface area contributed by atoms with Gasteiger partial charge in [0.1, 0.15) is 5.76 Å². The number of carbonyl (C=O) groups excluding carboxylic acids is 1. The highest BCUT2D eigenvalue weighted by Crippen LogP contribution is 2.24. The van der Waals surface area contributed by atoms with Gasteiger partial charge in [-0.15, -0.1) is 0 Å². The van der Waals surface area contributed by atoms with Crippen LogP contribution in [0.15, 0.2) is 41.7 Å². The van der Waals surface area contributed by atoms with Crippen LogP contribution in [0, 0.1) is 5.41 Å². The van der Waals surface area contributed by atoms with E-state index in [1.807, 2.05) is 18.2 Å². The Morgan fingerprint density at radius 2 is 2.00 bits per heavy atom. The Labute approximate surface area is 93.3 Å². The lowest BCUT2D eigenvalue weighted by Crippen LogP contribution is -2.27. The van der Waals surface area contributed by atoms with Gasteiger partial charge >= 0.3 is 0 Å². The van der Waals surface area contributed by atoms with Crippen molar-refractivity contribution in [1.82, 2.24) is 0 Å². The molecule has 0 unspecified atom stereocenters. The molecule has 0 atom stereocenters. The van der Waals surface area contributed by atoms with Gasteiger partial charge in [-0.2, -0.15) is 0 Å². The molecule has 2 rings (SSSR count). The number of hydrogen-bond donors (Lipinski definition) is 2. The van der Waals surface area contributed by atoms with E-state index >= 15 is 0 Å². The maximum absolute atomic E-state index is 11.9. The molecule has 0 aromatic heterocycles. The van der Waals surface area contributed by atoms with Gasteiger partial charge in [-0.05, 0) is 19.1 Å². The molecule has 2 N–H and O–H groups in total. The van der Waals surface area contributed by atoms with Crippen LogP contribution in [0.25, 0.3) is 0 Å². The number of amides is 1. The fourth-order valence-corrected chi connectivity index (χ4v) is 1.75. The standard InChI is InChI=1S/C12H12N2O2/c1-8(13)11-10(15)7-14(12(11)16)9-5-3-2-4-6-9/h2-6,13,15H,7H2,1H3. The number of carbonyl (C=O) groups is 1. The van der Waals surface area contributed by atoms with Crippen molar-refractivity contribution in [2.45, 2.75) is 6.92 Å². The summed E-state index contributed by atoms with van der Waals surface area (Å²) in [4.78, 5) is 13.4. The average Bonchev–Trinajstić information content (AvgIpc) is 2.55. The molecule has 1 aromatic rings. The lowest BCUT2D eigenvalue weighted by atomic mass is 10.1. The lowest BCUT2D eigenvalue weighted by Gasteiger charge is -2.15. The number of nitrogens with one attached hydrogen (secondary N) is 1. The van der Waals surface area contributed by atoms with Crippen LogP contribution in [-0.2, 0) is 4.79 Å². The number of hydrogen-bond acceptors (Lipinski definition) is 3. The summed E-state index contributed by atoms with van der Waals surface area (Å²) in [6.45, 7) is 1.65. The fourth-order valence-electron chi connectivity index (χ4n) is 1.75. The molecule has 0 spiro atoms. The summed E-state index contributed by atoms with van der Waals surface area (Å²) in [6, 6.07) is 9.12. The van der Waals surface area contributed by atoms with E-state index in [0.717, 1.165) is 5.69 Å². The molecule has 16 heavy (non-hydrogen) atoms. The zero-order chi connectivity index (χ0) is 11.7. The second kappa shape index (κ2) is 3.81. The van der Waals surface area contributed by atoms with E-state index in [4.69, 9.17) is 5.41 Å². The molecule has 0 radical (unpaired) electrons. The Morgan fingerprint density at radius 1 is 1.38 bits per heavy atom. The summed E-state index contributed by atoms with van der Waals surface area (Å²) < 4.78 is 0. The van der Waals surface area contributed by atoms with Crippen molar-refractivity contribution in [1.29, 1.82) is 5.41 Å². The third-order valence-electron chi connectivity index (χ3n) is 2.50. The molecule has 0 saturated heterocycles. The van der Waals surface area contributed by atoms with Crippen LogP contribution >= 0.6 is 0 Å². The van der Waals surface area contributed by atoms with Gasteiger partial charge in [0, 0.05) is 11.4 Å². The first-order valence-corrected chi connectivity index (χ1v) is 4.96. The summed E-state index contributed by atoms with van der Waals surface area (Å²) in [5, 5.41) is 17.1. The van der Waals surface area contributed by atoms with E-state index in [0.29, 0.717) is 0 Å². The van der Waals surface area contributed by atoms with Gasteiger partial charge in [-0.1, -0.05) is 18.2 Å². The van der Waals surface area contributed by atoms with E-state index in [9.17, 15) is 9.90 Å². The molecule has 1 aromatic carbocycles. The molecule has 0 aliphatic carbocycles. The Balaban J connectivity index is 2.33. The predicted octanol–water partition coefficient (Wildman–Crippen LogP) is 1.88. The predicted molar refractivity (Wildman–Crippen MR) is 61.9 cm³/mol. The Bertz CT molecular complexity index is 477. The van der Waals surface area contributed by atoms with Gasteiger partial charge in [0.2, 0.25) is 0 Å². The first kappa shape index (κ1) is 10.4. The molecule has 4 nitrogen and oxygen atoms in total. The number of aliphatic hydroxyl groups excluding tert-OH is 1. The summed E-state index contributed by atoms with van der Waals surface area (Å²) in [7, 11) is 0. The van der Waals surface area contributed by atoms with Gasteiger partial charge < -0.3 is 15.4 Å². The first-order valence-electron chi connectivity index (χ1n) is 4.96. The maximum Gasteiger partial charge on any atom is 0.264 e. The highest BCUT2D eigenvalue weighted by Gasteiger charge is 2.32. The molecule has 4 heteroatoms. The molecule has 0 bridgehead atoms. The van der Waals surface area contributed by atoms with Crippen molar-refractivity contribution >= 4 is 17.3 Å². The summed E-state index contributed by atoms with van der Waals surface area (Å²) in [5.74, 6) is -0.336. The molecule has 1 amide bonds. The monoisotopic (exact) mass is 216 g/mol. The van der Waals surface area contributed by atoms with Crippen molar-refractivity contribution in [3.63, 3.8) is 0 Å². The lowest BCUT2D eigenvalue weighted by molar-refractivity contribution is -0.114. The van der Waals surface area contributed by atoms with E-state index in [-0.39, 0.29) is 29.5 Å². The maximum atomic E-state index is 11.9. The van der Waals surface area contributed by atoms with Crippen molar-refractivity contribution in [3.05, 3.63) is 41.7 Å². The highest BCUT2D eigenvalue weighted by molar-refractivity contribution is 6.26. The second-order valence-corrected chi connectivity index (χ2v) is 3.67. The molecule has 0 fully saturated rings. The third-order valence-corrected chi connectivity index (χ3v) is 2.50. The van der Waals surface area contributed by atoms with Crippen LogP contribution in [0.1, 0.15) is 6.92 Å². The minimum absolute atomic E-state index is 0.0265. The fraction of sp³-hybridized carbons (Fsp3) is 0.167. The normalized spacial score (nSPS) is 15.8. The number of nitrogens with zero attached hydrogens (tertiary/aromatic N) is 1. The molecular weight excluding hydrogens is 204 g/mol. The van der Waals surface area contributed by atoms with Crippen molar-refractivity contribution in [2.24, 2.45) is 0 Å². The van der Waals surface area contributed by atoms with E-state index in [2.05, 4.69) is 0 Å². The zero-order valence-electron chi connectivity index (χ0n) is 8.90. The first-order chi connectivity index (χ1) is 7.61. The molecule has 0 saturated carbocycles. The van der Waals surface area contributed by atoms with E-state index in [1.165, 1.54) is 11.8 Å². The van der Waals surface area contributed by atoms with Gasteiger partial charge in [0.15, 0.2) is 0 Å². The molecule has 1 heterocycles. The Morgan fingerprint density at radius 3 is 2.50 bits per heavy atom. The van der Waals surface area contributed by atoms with Crippen molar-refractivity contribution in [2.75, 3.05) is 11.4 Å². The Kier molecular flexibility index (Phi) is 2.48. The third kappa shape index (κ3) is 1.58. The number of rotatable bonds is 2. The van der Waals surface area contributed by atoms with Gasteiger partial charge in [-0.25, -0.2) is 0 Å². The number of para-hydroxylation sites is 1. The quantitative estimate of drug-likeness (QED) is 0.741. The SMILES string of the molecule is CC(=N)C1=C(O)CN(c2ccccc2)C1=O. The number of benzene rings is 1. The zero-order valence-corrected chi connectivity index (χ0v) is 8.90. The molecule has 82 valence electrons. The van der Waals surface area contributed by atoms with Crippen LogP contribution in [0.3, 0.4) is 0 Å². The summed E-state index contributed by atoms with van der Waals surface area (Å²) in [6.07, 6.45) is 0. The number of anilines is 1. The smallest absolute Gasteiger partial charge is 0.264 e. The van der Waals surface area contributed by atoms with Crippen molar-refractivity contribution < 1.29 is 9.90 Å². The topological polar surface area (TPSA) is 64.4 Å². The number of aliphatic hydroxyl groups is 1. The summed E-state index contributed by atoms with van der Waals surface area (Å²) >= 11 is 0. The van der Waals surface area contributed by atoms with Crippen LogP contribution in [-0.4, -0.2) is 23.3 Å². The van der Waals surface area contributed by atoms with Gasteiger partial charge in [0.25, 0.3) is 5.91 Å². The van der Waals surface area contributed by atoms with Crippen LogP contribution in [0.2, 0.25) is 0 Å². The molecule has 1 aliphatic rings. The average molecular weight is 216 g/mol. The second-order valence-electron chi connectivity index (χ2n) is 3.67. The van der Waals surface area contributed by atoms with Crippen LogP contribution in [0.4, 0.5) is 5.69 Å². The Hall–Kier alpha value is -2.10. The van der Waals surface area contributed by atoms with Crippen LogP contribution < -0.4 is 4.90 Å². The van der Waals surface area contributed by atoms with E-state index in [1.54, 1.807) is 12.1 Å². The van der Waals surface area contributed by atoms with Crippen molar-refractivity contribution in [3.8, 4) is 0 Å².